The molecule has 1 atom stereocenters. The highest BCUT2D eigenvalue weighted by molar-refractivity contribution is 7.89. The third-order valence-electron chi connectivity index (χ3n) is 8.42. The normalized spacial score (nSPS) is 17.4. The number of hydrogen-bond acceptors (Lipinski definition) is 10. The van der Waals surface area contributed by atoms with Crippen molar-refractivity contribution in [3.05, 3.63) is 78.1 Å². The van der Waals surface area contributed by atoms with Crippen molar-refractivity contribution in [1.29, 1.82) is 0 Å². The smallest absolute Gasteiger partial charge is 0.411 e. The summed E-state index contributed by atoms with van der Waals surface area (Å²) in [5.74, 6) is -0.673. The number of benzene rings is 1. The molecule has 3 aromatic rings. The second kappa shape index (κ2) is 13.6. The number of sulfonamides is 1. The molecule has 14 heteroatoms. The van der Waals surface area contributed by atoms with Gasteiger partial charge >= 0.3 is 19.2 Å². The molecule has 0 spiro atoms. The van der Waals surface area contributed by atoms with Crippen LogP contribution in [0.25, 0.3) is 0 Å². The van der Waals surface area contributed by atoms with Crippen molar-refractivity contribution in [3.8, 4) is 0 Å². The van der Waals surface area contributed by atoms with E-state index in [0.717, 1.165) is 5.46 Å². The first-order valence-electron chi connectivity index (χ1n) is 16.1. The number of ether oxygens (including phenoxy) is 1. The molecule has 1 aliphatic rings. The van der Waals surface area contributed by atoms with Gasteiger partial charge in [0, 0.05) is 30.4 Å². The van der Waals surface area contributed by atoms with Crippen molar-refractivity contribution in [2.45, 2.75) is 117 Å². The molecule has 3 heterocycles. The molecular weight excluding hydrogens is 647 g/mol. The van der Waals surface area contributed by atoms with E-state index in [9.17, 15) is 18.0 Å². The third-order valence-corrected chi connectivity index (χ3v) is 10.1. The number of quaternary nitrogens is 1. The van der Waals surface area contributed by atoms with Gasteiger partial charge in [0.1, 0.15) is 11.1 Å². The highest BCUT2D eigenvalue weighted by Gasteiger charge is 2.59. The molecule has 1 aliphatic heterocycles. The molecule has 49 heavy (non-hydrogen) atoms. The number of amides is 1. The van der Waals surface area contributed by atoms with Crippen LogP contribution in [0.15, 0.2) is 71.9 Å². The molecule has 12 nitrogen and oxygen atoms in total. The number of aromatic nitrogens is 2. The number of carbonyl (C=O) groups is 2. The van der Waals surface area contributed by atoms with Gasteiger partial charge in [-0.3, -0.25) is 4.84 Å². The molecule has 0 bridgehead atoms. The lowest BCUT2D eigenvalue weighted by atomic mass is 9.79. The first-order chi connectivity index (χ1) is 22.5. The average Bonchev–Trinajstić information content (AvgIpc) is 3.21. The summed E-state index contributed by atoms with van der Waals surface area (Å²) < 4.78 is 46.5. The van der Waals surface area contributed by atoms with Crippen LogP contribution in [-0.2, 0) is 46.8 Å². The minimum atomic E-state index is -4.14. The van der Waals surface area contributed by atoms with Gasteiger partial charge in [0.2, 0.25) is 0 Å². The van der Waals surface area contributed by atoms with Crippen molar-refractivity contribution < 1.29 is 36.9 Å². The van der Waals surface area contributed by atoms with Gasteiger partial charge < -0.3 is 14.0 Å². The molecule has 1 amide bonds. The zero-order valence-corrected chi connectivity index (χ0v) is 31.1. The highest BCUT2D eigenvalue weighted by atomic mass is 32.2. The average molecular weight is 696 g/mol. The van der Waals surface area contributed by atoms with E-state index < -0.39 is 56.2 Å². The standard InChI is InChI=1S/C35H48BN4O8S/c1-25(41)46-40(32(2,3)4,31(42)45-33(5,6)7)29-16-14-15-28(38-29)24-39(49(43,44)30-17-12-13-22-37-30)23-26-18-20-27(21-19-26)36-47-34(8,9)35(10,11)48-36/h12-22H,23-24H2,1-11H3/q+1. The lowest BCUT2D eigenvalue weighted by Gasteiger charge is -2.40. The van der Waals surface area contributed by atoms with Crippen molar-refractivity contribution in [2.75, 3.05) is 0 Å². The maximum atomic E-state index is 14.1. The van der Waals surface area contributed by atoms with E-state index in [4.69, 9.17) is 23.9 Å². The Morgan fingerprint density at radius 3 is 2.00 bits per heavy atom. The van der Waals surface area contributed by atoms with E-state index in [2.05, 4.69) is 4.98 Å². The Bertz CT molecular complexity index is 1760. The summed E-state index contributed by atoms with van der Waals surface area (Å²) in [7, 11) is -4.71. The summed E-state index contributed by atoms with van der Waals surface area (Å²) in [6.07, 6.45) is 0.568. The van der Waals surface area contributed by atoms with Gasteiger partial charge in [-0.2, -0.15) is 14.1 Å². The molecule has 1 fully saturated rings. The minimum absolute atomic E-state index is 0.0241. The summed E-state index contributed by atoms with van der Waals surface area (Å²) in [6.45, 7) is 19.2. The van der Waals surface area contributed by atoms with E-state index >= 15 is 0 Å². The second-order valence-corrected chi connectivity index (χ2v) is 17.0. The molecule has 4 rings (SSSR count). The van der Waals surface area contributed by atoms with E-state index in [0.29, 0.717) is 11.3 Å². The summed E-state index contributed by atoms with van der Waals surface area (Å²) in [5.41, 5.74) is -1.19. The largest absolute Gasteiger partial charge is 0.567 e. The van der Waals surface area contributed by atoms with Gasteiger partial charge in [-0.1, -0.05) is 36.4 Å². The van der Waals surface area contributed by atoms with Gasteiger partial charge in [-0.05, 0) is 98.5 Å². The fourth-order valence-electron chi connectivity index (χ4n) is 5.18. The summed E-state index contributed by atoms with van der Waals surface area (Å²) in [5, 5.41) is -0.131. The maximum absolute atomic E-state index is 14.1. The molecule has 0 radical (unpaired) electrons. The Morgan fingerprint density at radius 1 is 0.878 bits per heavy atom. The lowest BCUT2D eigenvalue weighted by molar-refractivity contribution is -0.197. The van der Waals surface area contributed by atoms with E-state index in [1.165, 1.54) is 23.5 Å². The first-order valence-corrected chi connectivity index (χ1v) is 17.6. The maximum Gasteiger partial charge on any atom is 0.567 e. The summed E-state index contributed by atoms with van der Waals surface area (Å²) in [4.78, 5) is 41.0. The predicted octanol–water partition coefficient (Wildman–Crippen LogP) is 5.69. The van der Waals surface area contributed by atoms with Crippen molar-refractivity contribution >= 4 is 40.5 Å². The van der Waals surface area contributed by atoms with E-state index in [1.54, 1.807) is 71.9 Å². The summed E-state index contributed by atoms with van der Waals surface area (Å²) in [6, 6.07) is 16.9. The van der Waals surface area contributed by atoms with Crippen molar-refractivity contribution in [3.63, 3.8) is 0 Å². The number of pyridine rings is 2. The van der Waals surface area contributed by atoms with Gasteiger partial charge in [0.25, 0.3) is 15.8 Å². The zero-order valence-electron chi connectivity index (χ0n) is 30.3. The van der Waals surface area contributed by atoms with Crippen LogP contribution in [0, 0.1) is 0 Å². The predicted molar refractivity (Wildman–Crippen MR) is 187 cm³/mol. The number of nitrogens with zero attached hydrogens (tertiary/aromatic N) is 4. The lowest BCUT2D eigenvalue weighted by Crippen LogP contribution is -2.67. The van der Waals surface area contributed by atoms with Crippen LogP contribution in [0.3, 0.4) is 0 Å². The van der Waals surface area contributed by atoms with Gasteiger partial charge in [0.05, 0.1) is 23.4 Å². The van der Waals surface area contributed by atoms with Crippen molar-refractivity contribution in [1.82, 2.24) is 18.9 Å². The van der Waals surface area contributed by atoms with Crippen LogP contribution in [0.2, 0.25) is 0 Å². The molecule has 1 unspecified atom stereocenters. The number of rotatable bonds is 8. The Balaban J connectivity index is 1.74. The fraction of sp³-hybridized carbons (Fsp3) is 0.486. The molecule has 1 saturated heterocycles. The number of carbonyl (C=O) groups excluding carboxylic acids is 2. The van der Waals surface area contributed by atoms with Gasteiger partial charge in [-0.25, -0.2) is 18.2 Å². The SMILES string of the molecule is CC(=O)O[N+](C(=O)OC(C)(C)C)(c1cccc(CN(Cc2ccc(B3OC(C)(C)C(C)(C)O3)cc2)S(=O)(=O)c2ccccn2)n1)C(C)(C)C. The van der Waals surface area contributed by atoms with E-state index in [-0.39, 0.29) is 23.9 Å². The Hall–Kier alpha value is -3.69. The van der Waals surface area contributed by atoms with Crippen LogP contribution < -0.4 is 10.1 Å². The highest BCUT2D eigenvalue weighted by Crippen LogP contribution is 2.37. The van der Waals surface area contributed by atoms with Crippen LogP contribution >= 0.6 is 0 Å². The van der Waals surface area contributed by atoms with Crippen LogP contribution in [-0.4, -0.2) is 64.2 Å². The van der Waals surface area contributed by atoms with Crippen LogP contribution in [0.1, 0.15) is 87.4 Å². The Morgan fingerprint density at radius 2 is 1.49 bits per heavy atom. The number of hydroxylamine groups is 2. The van der Waals surface area contributed by atoms with Crippen LogP contribution in [0.4, 0.5) is 10.6 Å². The quantitative estimate of drug-likeness (QED) is 0.165. The molecule has 2 aromatic heterocycles. The molecule has 0 aliphatic carbocycles. The monoisotopic (exact) mass is 695 g/mol. The Kier molecular flexibility index (Phi) is 10.5. The molecule has 0 saturated carbocycles. The van der Waals surface area contributed by atoms with Gasteiger partial charge in [-0.15, -0.1) is 0 Å². The summed E-state index contributed by atoms with van der Waals surface area (Å²) >= 11 is 0. The molecule has 1 aromatic carbocycles. The first kappa shape index (κ1) is 38.1. The van der Waals surface area contributed by atoms with Gasteiger partial charge in [0.15, 0.2) is 5.03 Å². The van der Waals surface area contributed by atoms with Crippen LogP contribution in [0.5, 0.6) is 0 Å². The minimum Gasteiger partial charge on any atom is -0.411 e. The zero-order chi connectivity index (χ0) is 36.6. The Labute approximate surface area is 290 Å². The molecular formula is C35H48BN4O8S+. The topological polar surface area (TPSA) is 134 Å². The second-order valence-electron chi connectivity index (χ2n) is 15.1. The van der Waals surface area contributed by atoms with E-state index in [1.807, 2.05) is 52.0 Å². The third kappa shape index (κ3) is 8.21. The molecule has 264 valence electrons. The van der Waals surface area contributed by atoms with Crippen molar-refractivity contribution in [2.24, 2.45) is 0 Å². The number of hydrogen-bond donors (Lipinski definition) is 0. The molecule has 0 N–H and O–H groups in total. The fourth-order valence-corrected chi connectivity index (χ4v) is 6.51.